The first-order valence-electron chi connectivity index (χ1n) is 6.05. The van der Waals surface area contributed by atoms with Crippen molar-refractivity contribution in [3.8, 4) is 6.07 Å². The minimum Gasteiger partial charge on any atom is -0.453 e. The first-order valence-corrected chi connectivity index (χ1v) is 6.05. The summed E-state index contributed by atoms with van der Waals surface area (Å²) in [4.78, 5) is 11.6. The van der Waals surface area contributed by atoms with Crippen molar-refractivity contribution >= 4 is 5.97 Å². The number of nitrogens with zero attached hydrogens (tertiary/aromatic N) is 1. The number of hydrogen-bond donors (Lipinski definition) is 0. The fourth-order valence-electron chi connectivity index (χ4n) is 2.28. The van der Waals surface area contributed by atoms with Gasteiger partial charge >= 0.3 is 5.97 Å². The van der Waals surface area contributed by atoms with Crippen LogP contribution in [0.15, 0.2) is 42.5 Å². The van der Waals surface area contributed by atoms with E-state index in [4.69, 9.17) is 10.00 Å². The van der Waals surface area contributed by atoms with Gasteiger partial charge in [-0.25, -0.2) is 4.79 Å². The molecule has 1 aromatic rings. The number of ether oxygens (including phenoxy) is 1. The van der Waals surface area contributed by atoms with Crippen molar-refractivity contribution in [2.24, 2.45) is 5.92 Å². The summed E-state index contributed by atoms with van der Waals surface area (Å²) in [6, 6.07) is 11.8. The van der Waals surface area contributed by atoms with Crippen LogP contribution in [0.4, 0.5) is 0 Å². The van der Waals surface area contributed by atoms with Crippen LogP contribution in [0, 0.1) is 17.2 Å². The van der Waals surface area contributed by atoms with E-state index in [1.54, 1.807) is 0 Å². The van der Waals surface area contributed by atoms with Crippen molar-refractivity contribution in [3.63, 3.8) is 0 Å². The Morgan fingerprint density at radius 3 is 2.72 bits per heavy atom. The van der Waals surface area contributed by atoms with Gasteiger partial charge in [-0.2, -0.15) is 5.26 Å². The van der Waals surface area contributed by atoms with Gasteiger partial charge in [0.1, 0.15) is 6.10 Å². The van der Waals surface area contributed by atoms with Gasteiger partial charge in [-0.15, -0.1) is 0 Å². The Morgan fingerprint density at radius 2 is 2.06 bits per heavy atom. The number of esters is 1. The predicted octanol–water partition coefficient (Wildman–Crippen LogP) is 3.15. The molecule has 92 valence electrons. The van der Waals surface area contributed by atoms with E-state index in [0.29, 0.717) is 12.0 Å². The number of carbonyl (C=O) groups excluding carboxylic acids is 1. The average Bonchev–Trinajstić information content (AvgIpc) is 2.68. The lowest BCUT2D eigenvalue weighted by Gasteiger charge is -2.17. The summed E-state index contributed by atoms with van der Waals surface area (Å²) in [6.45, 7) is 3.81. The van der Waals surface area contributed by atoms with Crippen LogP contribution in [-0.2, 0) is 9.53 Å². The summed E-state index contributed by atoms with van der Waals surface area (Å²) in [5, 5.41) is 8.57. The first kappa shape index (κ1) is 12.4. The van der Waals surface area contributed by atoms with Gasteiger partial charge in [0, 0.05) is 17.9 Å². The summed E-state index contributed by atoms with van der Waals surface area (Å²) in [5.41, 5.74) is 1.52. The fourth-order valence-corrected chi connectivity index (χ4v) is 2.28. The third-order valence-corrected chi connectivity index (χ3v) is 3.24. The Labute approximate surface area is 107 Å². The van der Waals surface area contributed by atoms with Crippen molar-refractivity contribution < 1.29 is 9.53 Å². The normalized spacial score (nSPS) is 22.6. The van der Waals surface area contributed by atoms with Gasteiger partial charge in [-0.05, 0) is 18.4 Å². The van der Waals surface area contributed by atoms with Crippen LogP contribution in [0.2, 0.25) is 0 Å². The molecule has 0 amide bonds. The quantitative estimate of drug-likeness (QED) is 0.462. The van der Waals surface area contributed by atoms with Crippen LogP contribution >= 0.6 is 0 Å². The number of nitriles is 1. The fraction of sp³-hybridized carbons (Fsp3) is 0.333. The molecule has 1 aromatic carbocycles. The number of cyclic esters (lactones) is 1. The second-order valence-corrected chi connectivity index (χ2v) is 4.42. The first-order chi connectivity index (χ1) is 8.74. The zero-order chi connectivity index (χ0) is 13.0. The summed E-state index contributed by atoms with van der Waals surface area (Å²) in [7, 11) is 0. The van der Waals surface area contributed by atoms with E-state index in [-0.39, 0.29) is 18.0 Å². The van der Waals surface area contributed by atoms with E-state index in [1.807, 2.05) is 30.3 Å². The van der Waals surface area contributed by atoms with Crippen LogP contribution in [0.25, 0.3) is 0 Å². The van der Waals surface area contributed by atoms with Crippen LogP contribution in [0.3, 0.4) is 0 Å². The molecule has 1 fully saturated rings. The Bertz CT molecular complexity index is 487. The topological polar surface area (TPSA) is 50.1 Å². The van der Waals surface area contributed by atoms with Crippen molar-refractivity contribution in [2.45, 2.75) is 25.4 Å². The van der Waals surface area contributed by atoms with E-state index in [9.17, 15) is 4.79 Å². The van der Waals surface area contributed by atoms with Crippen LogP contribution in [0.1, 0.15) is 30.9 Å². The minimum atomic E-state index is -0.314. The molecule has 3 nitrogen and oxygen atoms in total. The van der Waals surface area contributed by atoms with Crippen molar-refractivity contribution in [1.82, 2.24) is 0 Å². The maximum atomic E-state index is 11.6. The monoisotopic (exact) mass is 241 g/mol. The van der Waals surface area contributed by atoms with Gasteiger partial charge in [-0.1, -0.05) is 36.9 Å². The van der Waals surface area contributed by atoms with E-state index < -0.39 is 0 Å². The van der Waals surface area contributed by atoms with Crippen molar-refractivity contribution in [2.75, 3.05) is 0 Å². The molecule has 2 rings (SSSR count). The summed E-state index contributed by atoms with van der Waals surface area (Å²) in [5.74, 6) is -0.320. The van der Waals surface area contributed by atoms with Gasteiger partial charge in [0.15, 0.2) is 0 Å². The van der Waals surface area contributed by atoms with E-state index >= 15 is 0 Å². The maximum absolute atomic E-state index is 11.6. The van der Waals surface area contributed by atoms with Crippen molar-refractivity contribution in [1.29, 1.82) is 5.26 Å². The average molecular weight is 241 g/mol. The maximum Gasteiger partial charge on any atom is 0.334 e. The Kier molecular flexibility index (Phi) is 3.78. The number of carbonyl (C=O) groups is 1. The molecule has 1 saturated heterocycles. The lowest BCUT2D eigenvalue weighted by Crippen LogP contribution is -2.08. The molecule has 0 spiro atoms. The van der Waals surface area contributed by atoms with Gasteiger partial charge in [0.05, 0.1) is 6.07 Å². The Balaban J connectivity index is 2.15. The minimum absolute atomic E-state index is 0.00625. The number of hydrogen-bond acceptors (Lipinski definition) is 3. The van der Waals surface area contributed by atoms with Crippen LogP contribution in [0.5, 0.6) is 0 Å². The molecule has 0 radical (unpaired) electrons. The highest BCUT2D eigenvalue weighted by molar-refractivity contribution is 5.90. The molecule has 1 heterocycles. The second-order valence-electron chi connectivity index (χ2n) is 4.42. The van der Waals surface area contributed by atoms with Crippen LogP contribution < -0.4 is 0 Å². The summed E-state index contributed by atoms with van der Waals surface area (Å²) >= 11 is 0. The largest absolute Gasteiger partial charge is 0.453 e. The molecular formula is C15H15NO2. The molecule has 0 unspecified atom stereocenters. The number of unbranched alkanes of at least 4 members (excludes halogenated alkanes) is 1. The highest BCUT2D eigenvalue weighted by Crippen LogP contribution is 2.40. The smallest absolute Gasteiger partial charge is 0.334 e. The molecule has 18 heavy (non-hydrogen) atoms. The van der Waals surface area contributed by atoms with Gasteiger partial charge in [-0.3, -0.25) is 0 Å². The molecule has 0 saturated carbocycles. The highest BCUT2D eigenvalue weighted by atomic mass is 16.6. The standard InChI is InChI=1S/C15H15NO2/c1-11-13(9-5-6-10-16)14(18-15(11)17)12-7-3-2-4-8-12/h2-4,7-8,13-14H,1,5-6,9H2/t13-,14+/m0/s1. The third kappa shape index (κ3) is 2.43. The molecular weight excluding hydrogens is 226 g/mol. The molecule has 2 atom stereocenters. The van der Waals surface area contributed by atoms with Gasteiger partial charge in [0.2, 0.25) is 0 Å². The number of benzene rings is 1. The molecule has 0 aromatic heterocycles. The predicted molar refractivity (Wildman–Crippen MR) is 67.4 cm³/mol. The van der Waals surface area contributed by atoms with E-state index in [1.165, 1.54) is 0 Å². The summed E-state index contributed by atoms with van der Waals surface area (Å²) in [6.07, 6.45) is 1.78. The molecule has 1 aliphatic rings. The molecule has 0 aliphatic carbocycles. The van der Waals surface area contributed by atoms with E-state index in [2.05, 4.69) is 12.6 Å². The third-order valence-electron chi connectivity index (χ3n) is 3.24. The zero-order valence-electron chi connectivity index (χ0n) is 10.1. The second kappa shape index (κ2) is 5.50. The molecule has 3 heteroatoms. The van der Waals surface area contributed by atoms with E-state index in [0.717, 1.165) is 18.4 Å². The van der Waals surface area contributed by atoms with Crippen LogP contribution in [-0.4, -0.2) is 5.97 Å². The Hall–Kier alpha value is -2.08. The molecule has 0 N–H and O–H groups in total. The SMILES string of the molecule is C=C1C(=O)O[C@H](c2ccccc2)[C@H]1CCCC#N. The van der Waals surface area contributed by atoms with Gasteiger partial charge in [0.25, 0.3) is 0 Å². The highest BCUT2D eigenvalue weighted by Gasteiger charge is 2.38. The zero-order valence-corrected chi connectivity index (χ0v) is 10.1. The molecule has 1 aliphatic heterocycles. The Morgan fingerprint density at radius 1 is 1.33 bits per heavy atom. The molecule has 0 bridgehead atoms. The lowest BCUT2D eigenvalue weighted by molar-refractivity contribution is -0.139. The summed E-state index contributed by atoms with van der Waals surface area (Å²) < 4.78 is 5.38. The number of rotatable bonds is 4. The van der Waals surface area contributed by atoms with Crippen molar-refractivity contribution in [3.05, 3.63) is 48.0 Å². The van der Waals surface area contributed by atoms with Gasteiger partial charge < -0.3 is 4.74 Å². The lowest BCUT2D eigenvalue weighted by atomic mass is 9.88.